The van der Waals surface area contributed by atoms with E-state index in [1.54, 1.807) is 0 Å². The van der Waals surface area contributed by atoms with Gasteiger partial charge in [0.15, 0.2) is 0 Å². The first-order valence-corrected chi connectivity index (χ1v) is 9.19. The topological polar surface area (TPSA) is 55.2 Å². The molecule has 0 radical (unpaired) electrons. The van der Waals surface area contributed by atoms with Crippen molar-refractivity contribution in [3.8, 4) is 0 Å². The van der Waals surface area contributed by atoms with Crippen LogP contribution in [0.5, 0.6) is 0 Å². The highest BCUT2D eigenvalue weighted by Gasteiger charge is 2.38. The SMILES string of the molecule is Cc1cc(C)n(C2CN(S(=O)(=O)Cc3ccc(Cl)cc3F)C2)n1. The average Bonchev–Trinajstić information content (AvgIpc) is 2.70. The molecule has 23 heavy (non-hydrogen) atoms. The Morgan fingerprint density at radius 2 is 2.00 bits per heavy atom. The Balaban J connectivity index is 1.69. The van der Waals surface area contributed by atoms with Gasteiger partial charge in [0.1, 0.15) is 5.82 Å². The lowest BCUT2D eigenvalue weighted by Crippen LogP contribution is -2.51. The summed E-state index contributed by atoms with van der Waals surface area (Å²) in [4.78, 5) is 0. The van der Waals surface area contributed by atoms with Crippen LogP contribution in [0.25, 0.3) is 0 Å². The lowest BCUT2D eigenvalue weighted by molar-refractivity contribution is 0.188. The summed E-state index contributed by atoms with van der Waals surface area (Å²) in [5.41, 5.74) is 2.05. The van der Waals surface area contributed by atoms with Gasteiger partial charge in [-0.15, -0.1) is 0 Å². The predicted molar refractivity (Wildman–Crippen MR) is 86.3 cm³/mol. The number of halogens is 2. The van der Waals surface area contributed by atoms with Crippen molar-refractivity contribution in [1.29, 1.82) is 0 Å². The first-order valence-electron chi connectivity index (χ1n) is 7.21. The molecule has 2 heterocycles. The van der Waals surface area contributed by atoms with E-state index in [4.69, 9.17) is 11.6 Å². The summed E-state index contributed by atoms with van der Waals surface area (Å²) < 4.78 is 41.8. The van der Waals surface area contributed by atoms with E-state index in [1.165, 1.54) is 16.4 Å². The maximum Gasteiger partial charge on any atom is 0.218 e. The van der Waals surface area contributed by atoms with E-state index < -0.39 is 15.8 Å². The number of nitrogens with zero attached hydrogens (tertiary/aromatic N) is 3. The minimum absolute atomic E-state index is 0.0357. The molecule has 1 aliphatic heterocycles. The first-order chi connectivity index (χ1) is 10.8. The van der Waals surface area contributed by atoms with Gasteiger partial charge in [0.2, 0.25) is 10.0 Å². The number of benzene rings is 1. The first kappa shape index (κ1) is 16.4. The van der Waals surface area contributed by atoms with Gasteiger partial charge < -0.3 is 0 Å². The number of rotatable bonds is 4. The molecule has 0 amide bonds. The highest BCUT2D eigenvalue weighted by Crippen LogP contribution is 2.28. The summed E-state index contributed by atoms with van der Waals surface area (Å²) >= 11 is 5.68. The van der Waals surface area contributed by atoms with E-state index in [2.05, 4.69) is 5.10 Å². The second-order valence-corrected chi connectivity index (χ2v) is 8.24. The normalized spacial score (nSPS) is 16.5. The average molecular weight is 358 g/mol. The van der Waals surface area contributed by atoms with Crippen LogP contribution in [-0.2, 0) is 15.8 Å². The molecule has 1 aromatic carbocycles. The summed E-state index contributed by atoms with van der Waals surface area (Å²) in [6.07, 6.45) is 0. The highest BCUT2D eigenvalue weighted by molar-refractivity contribution is 7.88. The highest BCUT2D eigenvalue weighted by atomic mass is 35.5. The maximum atomic E-state index is 13.8. The Bertz CT molecular complexity index is 844. The summed E-state index contributed by atoms with van der Waals surface area (Å²) in [6.45, 7) is 4.57. The quantitative estimate of drug-likeness (QED) is 0.845. The van der Waals surface area contributed by atoms with Gasteiger partial charge in [-0.25, -0.2) is 12.8 Å². The second-order valence-electron chi connectivity index (χ2n) is 5.83. The number of sulfonamides is 1. The largest absolute Gasteiger partial charge is 0.264 e. The van der Waals surface area contributed by atoms with Crippen LogP contribution in [0.3, 0.4) is 0 Å². The van der Waals surface area contributed by atoms with Gasteiger partial charge in [-0.1, -0.05) is 17.7 Å². The van der Waals surface area contributed by atoms with Crippen molar-refractivity contribution in [2.24, 2.45) is 0 Å². The molecule has 0 bridgehead atoms. The smallest absolute Gasteiger partial charge is 0.218 e. The van der Waals surface area contributed by atoms with Gasteiger partial charge in [-0.3, -0.25) is 4.68 Å². The van der Waals surface area contributed by atoms with Crippen molar-refractivity contribution in [3.05, 3.63) is 52.1 Å². The zero-order valence-electron chi connectivity index (χ0n) is 12.8. The van der Waals surface area contributed by atoms with Gasteiger partial charge in [0.25, 0.3) is 0 Å². The van der Waals surface area contributed by atoms with Crippen molar-refractivity contribution >= 4 is 21.6 Å². The molecule has 0 spiro atoms. The molecule has 0 unspecified atom stereocenters. The van der Waals surface area contributed by atoms with Gasteiger partial charge in [0.05, 0.1) is 17.5 Å². The number of hydrogen-bond acceptors (Lipinski definition) is 3. The van der Waals surface area contributed by atoms with E-state index in [1.807, 2.05) is 24.6 Å². The Labute approximate surface area is 139 Å². The van der Waals surface area contributed by atoms with Crippen LogP contribution in [0.15, 0.2) is 24.3 Å². The molecule has 0 aliphatic carbocycles. The second kappa shape index (κ2) is 5.89. The number of aromatic nitrogens is 2. The van der Waals surface area contributed by atoms with E-state index in [0.717, 1.165) is 17.5 Å². The van der Waals surface area contributed by atoms with Crippen molar-refractivity contribution < 1.29 is 12.8 Å². The molecule has 1 aliphatic rings. The molecule has 0 saturated carbocycles. The molecule has 0 N–H and O–H groups in total. The molecular formula is C15H17ClFN3O2S. The zero-order valence-corrected chi connectivity index (χ0v) is 14.4. The van der Waals surface area contributed by atoms with Crippen LogP contribution in [0.4, 0.5) is 4.39 Å². The monoisotopic (exact) mass is 357 g/mol. The molecule has 0 atom stereocenters. The molecule has 8 heteroatoms. The molecule has 3 rings (SSSR count). The molecule has 2 aromatic rings. The summed E-state index contributed by atoms with van der Waals surface area (Å²) in [6, 6.07) is 6.02. The van der Waals surface area contributed by atoms with Crippen LogP contribution >= 0.6 is 11.6 Å². The van der Waals surface area contributed by atoms with Crippen LogP contribution in [-0.4, -0.2) is 35.6 Å². The van der Waals surface area contributed by atoms with Gasteiger partial charge in [-0.2, -0.15) is 9.40 Å². The lowest BCUT2D eigenvalue weighted by Gasteiger charge is -2.38. The predicted octanol–water partition coefficient (Wildman–Crippen LogP) is 2.68. The van der Waals surface area contributed by atoms with Crippen molar-refractivity contribution in [2.45, 2.75) is 25.6 Å². The Morgan fingerprint density at radius 1 is 1.30 bits per heavy atom. The summed E-state index contributed by atoms with van der Waals surface area (Å²) in [7, 11) is -3.55. The Kier molecular flexibility index (Phi) is 4.20. The molecule has 1 aromatic heterocycles. The fraction of sp³-hybridized carbons (Fsp3) is 0.400. The number of hydrogen-bond donors (Lipinski definition) is 0. The summed E-state index contributed by atoms with van der Waals surface area (Å²) in [5.74, 6) is -0.962. The van der Waals surface area contributed by atoms with Crippen molar-refractivity contribution in [2.75, 3.05) is 13.1 Å². The molecule has 124 valence electrons. The van der Waals surface area contributed by atoms with Crippen LogP contribution in [0.2, 0.25) is 5.02 Å². The van der Waals surface area contributed by atoms with E-state index in [-0.39, 0.29) is 22.4 Å². The fourth-order valence-electron chi connectivity index (χ4n) is 2.74. The zero-order chi connectivity index (χ0) is 16.8. The molecule has 5 nitrogen and oxygen atoms in total. The van der Waals surface area contributed by atoms with Gasteiger partial charge >= 0.3 is 0 Å². The lowest BCUT2D eigenvalue weighted by atomic mass is 10.2. The van der Waals surface area contributed by atoms with E-state index in [9.17, 15) is 12.8 Å². The minimum Gasteiger partial charge on any atom is -0.264 e. The van der Waals surface area contributed by atoms with Crippen LogP contribution in [0, 0.1) is 19.7 Å². The van der Waals surface area contributed by atoms with Crippen LogP contribution in [0.1, 0.15) is 23.0 Å². The Morgan fingerprint density at radius 3 is 2.57 bits per heavy atom. The third-order valence-electron chi connectivity index (χ3n) is 3.97. The van der Waals surface area contributed by atoms with Crippen molar-refractivity contribution in [3.63, 3.8) is 0 Å². The van der Waals surface area contributed by atoms with Gasteiger partial charge in [0, 0.05) is 29.4 Å². The molecule has 1 saturated heterocycles. The fourth-order valence-corrected chi connectivity index (χ4v) is 4.51. The molecule has 1 fully saturated rings. The van der Waals surface area contributed by atoms with Crippen LogP contribution < -0.4 is 0 Å². The van der Waals surface area contributed by atoms with Crippen molar-refractivity contribution in [1.82, 2.24) is 14.1 Å². The minimum atomic E-state index is -3.55. The third-order valence-corrected chi connectivity index (χ3v) is 5.96. The maximum absolute atomic E-state index is 13.8. The standard InChI is InChI=1S/C15H17ClFN3O2S/c1-10-5-11(2)20(18-10)14-7-19(8-14)23(21,22)9-12-3-4-13(16)6-15(12)17/h3-6,14H,7-9H2,1-2H3. The molecular weight excluding hydrogens is 341 g/mol. The third kappa shape index (κ3) is 3.27. The number of aryl methyl sites for hydroxylation is 2. The van der Waals surface area contributed by atoms with E-state index >= 15 is 0 Å². The Hall–Kier alpha value is -1.44. The van der Waals surface area contributed by atoms with E-state index in [0.29, 0.717) is 13.1 Å². The summed E-state index contributed by atoms with van der Waals surface area (Å²) in [5, 5.41) is 4.62. The van der Waals surface area contributed by atoms with Gasteiger partial charge in [-0.05, 0) is 32.0 Å².